The van der Waals surface area contributed by atoms with Crippen LogP contribution in [0.3, 0.4) is 0 Å². The third-order valence-corrected chi connectivity index (χ3v) is 6.52. The van der Waals surface area contributed by atoms with Crippen molar-refractivity contribution in [3.8, 4) is 0 Å². The van der Waals surface area contributed by atoms with Crippen LogP contribution in [0.2, 0.25) is 0 Å². The summed E-state index contributed by atoms with van der Waals surface area (Å²) in [5.74, 6) is -2.69. The zero-order valence-electron chi connectivity index (χ0n) is 16.2. The first kappa shape index (κ1) is 19.1. The van der Waals surface area contributed by atoms with Gasteiger partial charge in [-0.05, 0) is 26.7 Å². The molecule has 4 aliphatic rings. The van der Waals surface area contributed by atoms with Gasteiger partial charge in [0, 0.05) is 63.7 Å². The zero-order valence-corrected chi connectivity index (χ0v) is 16.2. The number of halogens is 2. The smallest absolute Gasteiger partial charge is 0.262 e. The second-order valence-electron chi connectivity index (χ2n) is 8.87. The molecule has 1 aliphatic carbocycles. The van der Waals surface area contributed by atoms with Crippen molar-refractivity contribution in [3.05, 3.63) is 0 Å². The number of piperazine rings is 1. The standard InChI is InChI=1S/C19H30F2N4O2/c1-13(2)22-5-7-23(8-6-22)18(27)16-9-19(20,21)12-25(16)15-10-24(11-15)17(26)14-3-4-14/h13-16H,3-12H2,1-2H3/t16-/m0/s1. The lowest BCUT2D eigenvalue weighted by Crippen LogP contribution is -2.64. The highest BCUT2D eigenvalue weighted by atomic mass is 19.3. The third-order valence-electron chi connectivity index (χ3n) is 6.52. The summed E-state index contributed by atoms with van der Waals surface area (Å²) in [7, 11) is 0. The first-order valence-corrected chi connectivity index (χ1v) is 10.2. The number of hydrogen-bond donors (Lipinski definition) is 0. The molecule has 0 spiro atoms. The normalized spacial score (nSPS) is 30.0. The molecule has 0 unspecified atom stereocenters. The van der Waals surface area contributed by atoms with Gasteiger partial charge in [-0.3, -0.25) is 19.4 Å². The second-order valence-corrected chi connectivity index (χ2v) is 8.87. The lowest BCUT2D eigenvalue weighted by molar-refractivity contribution is -0.144. The highest BCUT2D eigenvalue weighted by Crippen LogP contribution is 2.38. The molecule has 8 heteroatoms. The van der Waals surface area contributed by atoms with Crippen LogP contribution in [-0.2, 0) is 9.59 Å². The number of rotatable bonds is 4. The van der Waals surface area contributed by atoms with E-state index in [1.54, 1.807) is 14.7 Å². The van der Waals surface area contributed by atoms with E-state index < -0.39 is 18.4 Å². The Labute approximate surface area is 159 Å². The van der Waals surface area contributed by atoms with Crippen molar-refractivity contribution in [2.24, 2.45) is 5.92 Å². The van der Waals surface area contributed by atoms with E-state index in [0.717, 1.165) is 25.9 Å². The van der Waals surface area contributed by atoms with Crippen molar-refractivity contribution in [3.63, 3.8) is 0 Å². The van der Waals surface area contributed by atoms with E-state index in [4.69, 9.17) is 0 Å². The third kappa shape index (κ3) is 3.83. The molecule has 4 fully saturated rings. The quantitative estimate of drug-likeness (QED) is 0.722. The maximum Gasteiger partial charge on any atom is 0.262 e. The Bertz CT molecular complexity index is 597. The van der Waals surface area contributed by atoms with Crippen molar-refractivity contribution in [1.82, 2.24) is 19.6 Å². The van der Waals surface area contributed by atoms with E-state index in [1.165, 1.54) is 0 Å². The summed E-state index contributed by atoms with van der Waals surface area (Å²) in [6, 6.07) is -0.444. The maximum atomic E-state index is 14.2. The largest absolute Gasteiger partial charge is 0.339 e. The molecule has 0 radical (unpaired) electrons. The number of carbonyl (C=O) groups is 2. The van der Waals surface area contributed by atoms with Gasteiger partial charge in [0.25, 0.3) is 5.92 Å². The molecule has 0 bridgehead atoms. The van der Waals surface area contributed by atoms with Crippen LogP contribution in [0.5, 0.6) is 0 Å². The molecule has 2 amide bonds. The number of likely N-dealkylation sites (tertiary alicyclic amines) is 2. The van der Waals surface area contributed by atoms with E-state index in [2.05, 4.69) is 18.7 Å². The molecule has 152 valence electrons. The van der Waals surface area contributed by atoms with Crippen LogP contribution in [0, 0.1) is 5.92 Å². The minimum absolute atomic E-state index is 0.119. The van der Waals surface area contributed by atoms with Gasteiger partial charge in [-0.15, -0.1) is 0 Å². The summed E-state index contributed by atoms with van der Waals surface area (Å²) >= 11 is 0. The SMILES string of the molecule is CC(C)N1CCN(C(=O)[C@@H]2CC(F)(F)CN2C2CN(C(=O)C3CC3)C2)CC1. The molecule has 3 aliphatic heterocycles. The minimum Gasteiger partial charge on any atom is -0.339 e. The van der Waals surface area contributed by atoms with Gasteiger partial charge < -0.3 is 9.80 Å². The Morgan fingerprint density at radius 3 is 2.15 bits per heavy atom. The predicted molar refractivity (Wildman–Crippen MR) is 96.4 cm³/mol. The van der Waals surface area contributed by atoms with Gasteiger partial charge in [-0.2, -0.15) is 0 Å². The van der Waals surface area contributed by atoms with Crippen LogP contribution >= 0.6 is 0 Å². The molecular weight excluding hydrogens is 354 g/mol. The minimum atomic E-state index is -2.83. The van der Waals surface area contributed by atoms with Crippen molar-refractivity contribution in [2.75, 3.05) is 45.8 Å². The number of nitrogens with zero attached hydrogens (tertiary/aromatic N) is 4. The summed E-state index contributed by atoms with van der Waals surface area (Å²) in [5.41, 5.74) is 0. The van der Waals surface area contributed by atoms with E-state index in [9.17, 15) is 18.4 Å². The average molecular weight is 384 g/mol. The number of amides is 2. The van der Waals surface area contributed by atoms with Crippen molar-refractivity contribution < 1.29 is 18.4 Å². The Morgan fingerprint density at radius 2 is 1.59 bits per heavy atom. The first-order valence-electron chi connectivity index (χ1n) is 10.2. The number of carbonyl (C=O) groups excluding carboxylic acids is 2. The highest BCUT2D eigenvalue weighted by molar-refractivity contribution is 5.83. The van der Waals surface area contributed by atoms with E-state index in [-0.39, 0.29) is 30.3 Å². The summed E-state index contributed by atoms with van der Waals surface area (Å²) in [4.78, 5) is 32.6. The van der Waals surface area contributed by atoms with Gasteiger partial charge in [0.1, 0.15) is 0 Å². The molecule has 3 saturated heterocycles. The molecular formula is C19H30F2N4O2. The molecule has 1 atom stereocenters. The molecule has 1 saturated carbocycles. The van der Waals surface area contributed by atoms with Crippen molar-refractivity contribution in [2.45, 2.75) is 57.2 Å². The topological polar surface area (TPSA) is 47.1 Å². The average Bonchev–Trinajstić information content (AvgIpc) is 3.37. The second kappa shape index (κ2) is 6.95. The Balaban J connectivity index is 1.37. The molecule has 0 aromatic heterocycles. The van der Waals surface area contributed by atoms with Gasteiger partial charge in [-0.1, -0.05) is 0 Å². The van der Waals surface area contributed by atoms with Gasteiger partial charge in [0.15, 0.2) is 0 Å². The fraction of sp³-hybridized carbons (Fsp3) is 0.895. The first-order chi connectivity index (χ1) is 12.7. The van der Waals surface area contributed by atoms with Crippen LogP contribution in [0.15, 0.2) is 0 Å². The van der Waals surface area contributed by atoms with Crippen LogP contribution in [0.25, 0.3) is 0 Å². The number of hydrogen-bond acceptors (Lipinski definition) is 4. The molecule has 6 nitrogen and oxygen atoms in total. The van der Waals surface area contributed by atoms with Gasteiger partial charge >= 0.3 is 0 Å². The summed E-state index contributed by atoms with van der Waals surface area (Å²) < 4.78 is 28.3. The lowest BCUT2D eigenvalue weighted by Gasteiger charge is -2.46. The Morgan fingerprint density at radius 1 is 0.963 bits per heavy atom. The fourth-order valence-corrected chi connectivity index (χ4v) is 4.56. The van der Waals surface area contributed by atoms with Crippen LogP contribution < -0.4 is 0 Å². The Kier molecular flexibility index (Phi) is 4.91. The lowest BCUT2D eigenvalue weighted by atomic mass is 10.0. The summed E-state index contributed by atoms with van der Waals surface area (Å²) in [6.07, 6.45) is 1.50. The molecule has 0 aromatic carbocycles. The zero-order chi connectivity index (χ0) is 19.3. The molecule has 3 heterocycles. The van der Waals surface area contributed by atoms with Crippen LogP contribution in [0.1, 0.15) is 33.1 Å². The van der Waals surface area contributed by atoms with Gasteiger partial charge in [0.2, 0.25) is 11.8 Å². The molecule has 4 rings (SSSR count). The highest BCUT2D eigenvalue weighted by Gasteiger charge is 2.54. The Hall–Kier alpha value is -1.28. The van der Waals surface area contributed by atoms with Crippen LogP contribution in [0.4, 0.5) is 8.78 Å². The predicted octanol–water partition coefficient (Wildman–Crippen LogP) is 0.869. The van der Waals surface area contributed by atoms with E-state index >= 15 is 0 Å². The number of alkyl halides is 2. The van der Waals surface area contributed by atoms with Crippen molar-refractivity contribution in [1.29, 1.82) is 0 Å². The van der Waals surface area contributed by atoms with E-state index in [1.807, 2.05) is 0 Å². The summed E-state index contributed by atoms with van der Waals surface area (Å²) in [5, 5.41) is 0. The maximum absolute atomic E-state index is 14.2. The van der Waals surface area contributed by atoms with Crippen molar-refractivity contribution >= 4 is 11.8 Å². The molecule has 27 heavy (non-hydrogen) atoms. The summed E-state index contributed by atoms with van der Waals surface area (Å²) in [6.45, 7) is 7.63. The molecule has 0 N–H and O–H groups in total. The van der Waals surface area contributed by atoms with Gasteiger partial charge in [0.05, 0.1) is 12.6 Å². The monoisotopic (exact) mass is 384 g/mol. The van der Waals surface area contributed by atoms with Gasteiger partial charge in [-0.25, -0.2) is 8.78 Å². The fourth-order valence-electron chi connectivity index (χ4n) is 4.56. The van der Waals surface area contributed by atoms with E-state index in [0.29, 0.717) is 32.2 Å². The van der Waals surface area contributed by atoms with Crippen LogP contribution in [-0.4, -0.2) is 101 Å². The molecule has 0 aromatic rings.